The van der Waals surface area contributed by atoms with E-state index in [0.29, 0.717) is 22.1 Å². The van der Waals surface area contributed by atoms with Crippen molar-refractivity contribution in [1.82, 2.24) is 19.8 Å². The molecule has 11 heteroatoms. The number of fused-ring (bicyclic) bond motifs is 1. The molecule has 2 heterocycles. The Hall–Kier alpha value is -2.88. The van der Waals surface area contributed by atoms with Crippen molar-refractivity contribution in [3.63, 3.8) is 0 Å². The van der Waals surface area contributed by atoms with Crippen LogP contribution in [0.1, 0.15) is 10.4 Å². The Morgan fingerprint density at radius 2 is 1.90 bits per heavy atom. The molecular weight excluding hydrogens is 437 g/mol. The normalized spacial score (nSPS) is 10.9. The monoisotopic (exact) mass is 449 g/mol. The smallest absolute Gasteiger partial charge is 0.255 e. The molecular formula is C18H13Cl2N5O3S. The van der Waals surface area contributed by atoms with E-state index in [-0.39, 0.29) is 15.6 Å². The Labute approximate surface area is 179 Å². The van der Waals surface area contributed by atoms with Crippen molar-refractivity contribution in [2.75, 3.05) is 19.5 Å². The second kappa shape index (κ2) is 7.86. The summed E-state index contributed by atoms with van der Waals surface area (Å²) in [7, 11) is 2.98. The Morgan fingerprint density at radius 3 is 2.55 bits per heavy atom. The van der Waals surface area contributed by atoms with Crippen LogP contribution in [0.2, 0.25) is 10.0 Å². The zero-order chi connectivity index (χ0) is 20.5. The molecule has 8 nitrogen and oxygen atoms in total. The number of nitrogens with one attached hydrogen (secondary N) is 1. The highest BCUT2D eigenvalue weighted by atomic mass is 35.5. The van der Waals surface area contributed by atoms with E-state index in [9.17, 15) is 4.79 Å². The number of nitrogens with zero attached hydrogens (tertiary/aromatic N) is 4. The fraction of sp³-hybridized carbons (Fsp3) is 0.111. The molecule has 29 heavy (non-hydrogen) atoms. The molecule has 0 atom stereocenters. The highest BCUT2D eigenvalue weighted by Crippen LogP contribution is 2.35. The molecule has 148 valence electrons. The maximum Gasteiger partial charge on any atom is 0.255 e. The zero-order valence-corrected chi connectivity index (χ0v) is 17.5. The number of methoxy groups -OCH3 is 2. The summed E-state index contributed by atoms with van der Waals surface area (Å²) in [6.45, 7) is 0. The van der Waals surface area contributed by atoms with Crippen molar-refractivity contribution in [2.45, 2.75) is 0 Å². The summed E-state index contributed by atoms with van der Waals surface area (Å²) in [4.78, 5) is 13.4. The Balaban J connectivity index is 1.67. The molecule has 0 aliphatic carbocycles. The lowest BCUT2D eigenvalue weighted by Crippen LogP contribution is -2.13. The van der Waals surface area contributed by atoms with Crippen LogP contribution < -0.4 is 14.8 Å². The summed E-state index contributed by atoms with van der Waals surface area (Å²) in [6, 6.07) is 8.35. The summed E-state index contributed by atoms with van der Waals surface area (Å²) >= 11 is 13.7. The number of ether oxygens (including phenoxy) is 2. The number of hydrogen-bond donors (Lipinski definition) is 1. The summed E-state index contributed by atoms with van der Waals surface area (Å²) < 4.78 is 12.1. The van der Waals surface area contributed by atoms with Crippen LogP contribution in [-0.2, 0) is 0 Å². The van der Waals surface area contributed by atoms with Gasteiger partial charge in [-0.15, -0.1) is 10.2 Å². The van der Waals surface area contributed by atoms with E-state index in [0.717, 1.165) is 10.6 Å². The van der Waals surface area contributed by atoms with Crippen LogP contribution in [-0.4, -0.2) is 39.9 Å². The van der Waals surface area contributed by atoms with Crippen LogP contribution in [0.4, 0.5) is 5.69 Å². The van der Waals surface area contributed by atoms with Crippen LogP contribution in [0.3, 0.4) is 0 Å². The number of anilines is 1. The number of carbonyl (C=O) groups is 1. The number of rotatable bonds is 5. The molecule has 0 saturated heterocycles. The molecule has 1 amide bonds. The van der Waals surface area contributed by atoms with Crippen LogP contribution in [0.5, 0.6) is 11.5 Å². The molecule has 0 saturated carbocycles. The number of hydrogen-bond acceptors (Lipinski definition) is 7. The van der Waals surface area contributed by atoms with Crippen LogP contribution in [0, 0.1) is 0 Å². The molecule has 0 aliphatic heterocycles. The van der Waals surface area contributed by atoms with Gasteiger partial charge < -0.3 is 14.8 Å². The lowest BCUT2D eigenvalue weighted by Gasteiger charge is -2.13. The first-order chi connectivity index (χ1) is 14.0. The average molecular weight is 450 g/mol. The first kappa shape index (κ1) is 19.4. The van der Waals surface area contributed by atoms with E-state index in [1.807, 2.05) is 6.07 Å². The first-order valence-corrected chi connectivity index (χ1v) is 9.77. The SMILES string of the molecule is COc1ccc(-c2nn3cnnc3s2)cc1NC(=O)c1cc(Cl)c(OC)c(Cl)c1. The average Bonchev–Trinajstić information content (AvgIpc) is 3.30. The van der Waals surface area contributed by atoms with E-state index in [4.69, 9.17) is 32.7 Å². The summed E-state index contributed by atoms with van der Waals surface area (Å²) in [5.41, 5.74) is 1.55. The number of halogens is 2. The minimum atomic E-state index is -0.398. The van der Waals surface area contributed by atoms with Gasteiger partial charge >= 0.3 is 0 Å². The van der Waals surface area contributed by atoms with Crippen molar-refractivity contribution in [3.8, 4) is 22.1 Å². The van der Waals surface area contributed by atoms with Gasteiger partial charge in [-0.05, 0) is 30.3 Å². The van der Waals surface area contributed by atoms with Crippen molar-refractivity contribution in [3.05, 3.63) is 52.3 Å². The number of carbonyl (C=O) groups excluding carboxylic acids is 1. The number of amides is 1. The third kappa shape index (κ3) is 3.71. The second-order valence-corrected chi connectivity index (χ2v) is 7.58. The standard InChI is InChI=1S/C18H13Cl2N5O3S/c1-27-14-4-3-9(17-24-25-8-21-23-18(25)29-17)7-13(14)22-16(26)10-5-11(19)15(28-2)12(20)6-10/h3-8H,1-2H3,(H,22,26). The molecule has 4 aromatic rings. The third-order valence-electron chi connectivity index (χ3n) is 4.05. The molecule has 2 aromatic heterocycles. The van der Waals surface area contributed by atoms with Crippen LogP contribution in [0.25, 0.3) is 15.5 Å². The van der Waals surface area contributed by atoms with Crippen molar-refractivity contribution in [2.24, 2.45) is 0 Å². The molecule has 2 aromatic carbocycles. The maximum absolute atomic E-state index is 12.8. The fourth-order valence-electron chi connectivity index (χ4n) is 2.70. The summed E-state index contributed by atoms with van der Waals surface area (Å²) in [5.74, 6) is 0.411. The van der Waals surface area contributed by atoms with Crippen LogP contribution >= 0.6 is 34.5 Å². The van der Waals surface area contributed by atoms with Crippen molar-refractivity contribution < 1.29 is 14.3 Å². The minimum absolute atomic E-state index is 0.241. The molecule has 1 N–H and O–H groups in total. The predicted molar refractivity (Wildman–Crippen MR) is 112 cm³/mol. The molecule has 0 unspecified atom stereocenters. The lowest BCUT2D eigenvalue weighted by atomic mass is 10.1. The van der Waals surface area contributed by atoms with Gasteiger partial charge in [0.15, 0.2) is 5.75 Å². The van der Waals surface area contributed by atoms with Gasteiger partial charge in [-0.25, -0.2) is 0 Å². The minimum Gasteiger partial charge on any atom is -0.495 e. The van der Waals surface area contributed by atoms with Gasteiger partial charge in [0.1, 0.15) is 17.1 Å². The predicted octanol–water partition coefficient (Wildman–Crippen LogP) is 4.43. The van der Waals surface area contributed by atoms with Gasteiger partial charge in [0, 0.05) is 11.1 Å². The Morgan fingerprint density at radius 1 is 1.14 bits per heavy atom. The fourth-order valence-corrected chi connectivity index (χ4v) is 4.15. The Kier molecular flexibility index (Phi) is 5.27. The molecule has 0 spiro atoms. The van der Waals surface area contributed by atoms with Gasteiger partial charge in [0.25, 0.3) is 5.91 Å². The van der Waals surface area contributed by atoms with Gasteiger partial charge in [0.2, 0.25) is 4.96 Å². The molecule has 0 bridgehead atoms. The number of benzene rings is 2. The molecule has 0 fully saturated rings. The van der Waals surface area contributed by atoms with Crippen molar-refractivity contribution >= 4 is 51.1 Å². The summed E-state index contributed by atoms with van der Waals surface area (Å²) in [5, 5.41) is 16.2. The van der Waals surface area contributed by atoms with E-state index < -0.39 is 5.91 Å². The van der Waals surface area contributed by atoms with Gasteiger partial charge in [-0.2, -0.15) is 9.61 Å². The van der Waals surface area contributed by atoms with Crippen molar-refractivity contribution in [1.29, 1.82) is 0 Å². The molecule has 0 aliphatic rings. The van der Waals surface area contributed by atoms with E-state index >= 15 is 0 Å². The van der Waals surface area contributed by atoms with Gasteiger partial charge in [-0.1, -0.05) is 34.5 Å². The molecule has 4 rings (SSSR count). The van der Waals surface area contributed by atoms with Crippen LogP contribution in [0.15, 0.2) is 36.7 Å². The largest absolute Gasteiger partial charge is 0.495 e. The third-order valence-corrected chi connectivity index (χ3v) is 5.57. The molecule has 0 radical (unpaired) electrons. The topological polar surface area (TPSA) is 90.6 Å². The van der Waals surface area contributed by atoms with E-state index in [2.05, 4.69) is 20.6 Å². The van der Waals surface area contributed by atoms with Gasteiger partial charge in [0.05, 0.1) is 30.0 Å². The quantitative estimate of drug-likeness (QED) is 0.484. The van der Waals surface area contributed by atoms with E-state index in [1.54, 1.807) is 16.6 Å². The second-order valence-electron chi connectivity index (χ2n) is 5.81. The van der Waals surface area contributed by atoms with E-state index in [1.165, 1.54) is 44.0 Å². The highest BCUT2D eigenvalue weighted by Gasteiger charge is 2.17. The zero-order valence-electron chi connectivity index (χ0n) is 15.1. The summed E-state index contributed by atoms with van der Waals surface area (Å²) in [6.07, 6.45) is 1.53. The first-order valence-electron chi connectivity index (χ1n) is 8.20. The maximum atomic E-state index is 12.8. The highest BCUT2D eigenvalue weighted by molar-refractivity contribution is 7.19. The van der Waals surface area contributed by atoms with Gasteiger partial charge in [-0.3, -0.25) is 4.79 Å². The lowest BCUT2D eigenvalue weighted by molar-refractivity contribution is 0.102. The number of aromatic nitrogens is 4. The Bertz CT molecular complexity index is 1170.